The topological polar surface area (TPSA) is 26.0 Å². The molecule has 0 saturated heterocycles. The van der Waals surface area contributed by atoms with Gasteiger partial charge in [0.1, 0.15) is 0 Å². The first-order chi connectivity index (χ1) is 5.66. The number of thiophene rings is 1. The summed E-state index contributed by atoms with van der Waals surface area (Å²) in [7, 11) is 0. The van der Waals surface area contributed by atoms with E-state index in [1.165, 1.54) is 16.0 Å². The van der Waals surface area contributed by atoms with E-state index in [1.807, 2.05) is 6.08 Å². The molecular weight excluding hydrogens is 166 g/mol. The molecule has 1 rings (SSSR count). The molecule has 0 aliphatic heterocycles. The van der Waals surface area contributed by atoms with Crippen molar-refractivity contribution >= 4 is 11.3 Å². The SMILES string of the molecule is C=CCC(N)c1csc(C)c1C. The van der Waals surface area contributed by atoms with Gasteiger partial charge >= 0.3 is 0 Å². The van der Waals surface area contributed by atoms with Gasteiger partial charge in [0.2, 0.25) is 0 Å². The second kappa shape index (κ2) is 3.87. The number of nitrogens with two attached hydrogens (primary N) is 1. The highest BCUT2D eigenvalue weighted by Gasteiger charge is 2.09. The third kappa shape index (κ3) is 1.76. The Morgan fingerprint density at radius 1 is 1.67 bits per heavy atom. The van der Waals surface area contributed by atoms with Crippen LogP contribution in [0.4, 0.5) is 0 Å². The largest absolute Gasteiger partial charge is 0.324 e. The molecule has 1 heterocycles. The molecule has 12 heavy (non-hydrogen) atoms. The minimum Gasteiger partial charge on any atom is -0.324 e. The van der Waals surface area contributed by atoms with Crippen LogP contribution in [0.1, 0.15) is 28.5 Å². The van der Waals surface area contributed by atoms with E-state index in [0.29, 0.717) is 0 Å². The third-order valence-corrected chi connectivity index (χ3v) is 3.18. The van der Waals surface area contributed by atoms with Crippen LogP contribution < -0.4 is 5.73 Å². The quantitative estimate of drug-likeness (QED) is 0.713. The molecule has 1 unspecified atom stereocenters. The predicted molar refractivity (Wildman–Crippen MR) is 55.5 cm³/mol. The van der Waals surface area contributed by atoms with Gasteiger partial charge in [-0.3, -0.25) is 0 Å². The Bertz CT molecular complexity index is 275. The van der Waals surface area contributed by atoms with Gasteiger partial charge in [0.05, 0.1) is 0 Å². The molecule has 1 atom stereocenters. The van der Waals surface area contributed by atoms with Gasteiger partial charge in [0.15, 0.2) is 0 Å². The van der Waals surface area contributed by atoms with E-state index >= 15 is 0 Å². The minimum atomic E-state index is 0.132. The molecule has 0 bridgehead atoms. The van der Waals surface area contributed by atoms with Crippen LogP contribution in [0.3, 0.4) is 0 Å². The van der Waals surface area contributed by atoms with E-state index in [4.69, 9.17) is 5.73 Å². The van der Waals surface area contributed by atoms with E-state index in [-0.39, 0.29) is 6.04 Å². The molecule has 2 heteroatoms. The van der Waals surface area contributed by atoms with Gasteiger partial charge in [-0.15, -0.1) is 17.9 Å². The highest BCUT2D eigenvalue weighted by Crippen LogP contribution is 2.26. The summed E-state index contributed by atoms with van der Waals surface area (Å²) in [4.78, 5) is 1.37. The molecule has 2 N–H and O–H groups in total. The lowest BCUT2D eigenvalue weighted by Gasteiger charge is -2.08. The highest BCUT2D eigenvalue weighted by molar-refractivity contribution is 7.10. The van der Waals surface area contributed by atoms with Crippen LogP contribution in [-0.2, 0) is 0 Å². The summed E-state index contributed by atoms with van der Waals surface area (Å²) in [6, 6.07) is 0.132. The molecule has 1 nitrogen and oxygen atoms in total. The predicted octanol–water partition coefficient (Wildman–Crippen LogP) is 2.94. The van der Waals surface area contributed by atoms with Crippen molar-refractivity contribution in [2.75, 3.05) is 0 Å². The Kier molecular flexibility index (Phi) is 3.06. The molecule has 0 aromatic carbocycles. The Morgan fingerprint density at radius 3 is 2.75 bits per heavy atom. The maximum absolute atomic E-state index is 5.96. The van der Waals surface area contributed by atoms with Crippen molar-refractivity contribution in [3.63, 3.8) is 0 Å². The lowest BCUT2D eigenvalue weighted by molar-refractivity contribution is 0.739. The number of rotatable bonds is 3. The van der Waals surface area contributed by atoms with Gasteiger partial charge in [0, 0.05) is 10.9 Å². The van der Waals surface area contributed by atoms with Crippen molar-refractivity contribution in [1.29, 1.82) is 0 Å². The summed E-state index contributed by atoms with van der Waals surface area (Å²) < 4.78 is 0. The van der Waals surface area contributed by atoms with Crippen molar-refractivity contribution in [1.82, 2.24) is 0 Å². The zero-order valence-corrected chi connectivity index (χ0v) is 8.45. The van der Waals surface area contributed by atoms with Gasteiger partial charge in [0.25, 0.3) is 0 Å². The van der Waals surface area contributed by atoms with Crippen LogP contribution in [0.2, 0.25) is 0 Å². The number of hydrogen-bond acceptors (Lipinski definition) is 2. The summed E-state index contributed by atoms with van der Waals surface area (Å²) in [5.41, 5.74) is 8.57. The van der Waals surface area contributed by atoms with Gasteiger partial charge in [-0.1, -0.05) is 6.08 Å². The maximum Gasteiger partial charge on any atom is 0.0340 e. The monoisotopic (exact) mass is 181 g/mol. The summed E-state index contributed by atoms with van der Waals surface area (Å²) in [5, 5.41) is 2.15. The van der Waals surface area contributed by atoms with Crippen molar-refractivity contribution in [3.05, 3.63) is 34.0 Å². The summed E-state index contributed by atoms with van der Waals surface area (Å²) in [6.07, 6.45) is 2.73. The Hall–Kier alpha value is -0.600. The Balaban J connectivity index is 2.87. The average Bonchev–Trinajstić information content (AvgIpc) is 2.34. The summed E-state index contributed by atoms with van der Waals surface area (Å²) >= 11 is 1.77. The number of aryl methyl sites for hydroxylation is 1. The molecule has 1 aromatic rings. The highest BCUT2D eigenvalue weighted by atomic mass is 32.1. The molecule has 0 amide bonds. The normalized spacial score (nSPS) is 12.9. The molecule has 0 saturated carbocycles. The minimum absolute atomic E-state index is 0.132. The molecular formula is C10H15NS. The summed E-state index contributed by atoms with van der Waals surface area (Å²) in [6.45, 7) is 7.94. The fourth-order valence-electron chi connectivity index (χ4n) is 1.20. The van der Waals surface area contributed by atoms with Gasteiger partial charge in [-0.2, -0.15) is 0 Å². The van der Waals surface area contributed by atoms with Crippen LogP contribution in [0.25, 0.3) is 0 Å². The standard InChI is InChI=1S/C10H15NS/c1-4-5-10(11)9-6-12-8(3)7(9)2/h4,6,10H,1,5,11H2,2-3H3. The van der Waals surface area contributed by atoms with Crippen LogP contribution in [0.15, 0.2) is 18.0 Å². The molecule has 0 spiro atoms. The fraction of sp³-hybridized carbons (Fsp3) is 0.400. The Morgan fingerprint density at radius 2 is 2.33 bits per heavy atom. The van der Waals surface area contributed by atoms with E-state index in [1.54, 1.807) is 11.3 Å². The van der Waals surface area contributed by atoms with Gasteiger partial charge in [-0.25, -0.2) is 0 Å². The van der Waals surface area contributed by atoms with Crippen molar-refractivity contribution in [3.8, 4) is 0 Å². The first-order valence-corrected chi connectivity index (χ1v) is 4.95. The van der Waals surface area contributed by atoms with Crippen LogP contribution in [0.5, 0.6) is 0 Å². The van der Waals surface area contributed by atoms with Crippen molar-refractivity contribution in [2.24, 2.45) is 5.73 Å². The molecule has 0 fully saturated rings. The molecule has 0 aliphatic rings. The average molecular weight is 181 g/mol. The Labute approximate surface area is 77.9 Å². The van der Waals surface area contributed by atoms with Gasteiger partial charge in [-0.05, 0) is 36.8 Å². The summed E-state index contributed by atoms with van der Waals surface area (Å²) in [5.74, 6) is 0. The first-order valence-electron chi connectivity index (χ1n) is 4.08. The van der Waals surface area contributed by atoms with Crippen molar-refractivity contribution in [2.45, 2.75) is 26.3 Å². The molecule has 0 aliphatic carbocycles. The van der Waals surface area contributed by atoms with Crippen LogP contribution in [-0.4, -0.2) is 0 Å². The maximum atomic E-state index is 5.96. The lowest BCUT2D eigenvalue weighted by Crippen LogP contribution is -2.09. The molecule has 66 valence electrons. The van der Waals surface area contributed by atoms with Crippen LogP contribution in [0, 0.1) is 13.8 Å². The van der Waals surface area contributed by atoms with E-state index in [9.17, 15) is 0 Å². The van der Waals surface area contributed by atoms with Gasteiger partial charge < -0.3 is 5.73 Å². The van der Waals surface area contributed by atoms with Crippen molar-refractivity contribution < 1.29 is 0 Å². The second-order valence-electron chi connectivity index (χ2n) is 3.00. The lowest BCUT2D eigenvalue weighted by atomic mass is 10.0. The third-order valence-electron chi connectivity index (χ3n) is 2.14. The number of hydrogen-bond donors (Lipinski definition) is 1. The van der Waals surface area contributed by atoms with Crippen LogP contribution >= 0.6 is 11.3 Å². The zero-order chi connectivity index (χ0) is 9.14. The molecule has 1 aromatic heterocycles. The van der Waals surface area contributed by atoms with E-state index < -0.39 is 0 Å². The van der Waals surface area contributed by atoms with E-state index in [0.717, 1.165) is 6.42 Å². The molecule has 0 radical (unpaired) electrons. The van der Waals surface area contributed by atoms with E-state index in [2.05, 4.69) is 25.8 Å². The zero-order valence-electron chi connectivity index (χ0n) is 7.63. The second-order valence-corrected chi connectivity index (χ2v) is 4.09. The smallest absolute Gasteiger partial charge is 0.0340 e. The first kappa shape index (κ1) is 9.49. The fourth-order valence-corrected chi connectivity index (χ4v) is 2.15.